The molecule has 2 unspecified atom stereocenters. The van der Waals surface area contributed by atoms with Gasteiger partial charge in [0.2, 0.25) is 0 Å². The van der Waals surface area contributed by atoms with Crippen molar-refractivity contribution in [2.45, 2.75) is 40.0 Å². The molecule has 0 fully saturated rings. The second-order valence-electron chi connectivity index (χ2n) is 13.6. The van der Waals surface area contributed by atoms with E-state index in [1.807, 2.05) is 30.3 Å². The van der Waals surface area contributed by atoms with E-state index in [1.54, 1.807) is 0 Å². The molecular formula is C41H32F6O2SiZr. The summed E-state index contributed by atoms with van der Waals surface area (Å²) in [6.07, 6.45) is -9.08. The standard InChI is InChI=1S/C27H24Si.2C7H5F3O.Zr/c1-19-17-21-11-7-9-15-24(21)26(19)28(3,23-13-5-4-6-14-23)27-20(2)18-22-12-8-10-16-25(22)27;2*8-7(9,10)5-1-3-6(11)4-2-5;/h4-18H,1-3H3;2*1-4,11H;/q;;;+2/p-2. The molecule has 51 heavy (non-hydrogen) atoms. The van der Waals surface area contributed by atoms with Gasteiger partial charge in [0, 0.05) is 0 Å². The van der Waals surface area contributed by atoms with E-state index in [0.717, 1.165) is 57.7 Å². The fourth-order valence-electron chi connectivity index (χ4n) is 8.90. The van der Waals surface area contributed by atoms with Gasteiger partial charge >= 0.3 is 300 Å². The first-order valence-electron chi connectivity index (χ1n) is 16.6. The summed E-state index contributed by atoms with van der Waals surface area (Å²) in [4.78, 5) is 0. The number of hydrogen-bond donors (Lipinski definition) is 0. The average molecular weight is 790 g/mol. The third-order valence-electron chi connectivity index (χ3n) is 10.8. The molecule has 0 aromatic heterocycles. The summed E-state index contributed by atoms with van der Waals surface area (Å²) in [5.41, 5.74) is 4.80. The Labute approximate surface area is 298 Å². The van der Waals surface area contributed by atoms with Crippen LogP contribution in [0.3, 0.4) is 0 Å². The Kier molecular flexibility index (Phi) is 7.96. The van der Waals surface area contributed by atoms with E-state index < -0.39 is 60.0 Å². The van der Waals surface area contributed by atoms with E-state index in [2.05, 4.69) is 68.9 Å². The Bertz CT molecular complexity index is 2090. The second-order valence-corrected chi connectivity index (χ2v) is 24.8. The molecule has 8 rings (SSSR count). The van der Waals surface area contributed by atoms with Gasteiger partial charge in [-0.3, -0.25) is 0 Å². The van der Waals surface area contributed by atoms with E-state index in [0.29, 0.717) is 0 Å². The predicted molar refractivity (Wildman–Crippen MR) is 185 cm³/mol. The molecule has 3 aliphatic rings. The number of rotatable bonds is 5. The summed E-state index contributed by atoms with van der Waals surface area (Å²) >= 11 is -5.18. The molecule has 1 aliphatic heterocycles. The van der Waals surface area contributed by atoms with Gasteiger partial charge in [-0.1, -0.05) is 0 Å². The van der Waals surface area contributed by atoms with Crippen molar-refractivity contribution in [3.8, 4) is 11.5 Å². The molecule has 5 aromatic carbocycles. The van der Waals surface area contributed by atoms with E-state index in [4.69, 9.17) is 5.63 Å². The Balaban J connectivity index is 1.46. The van der Waals surface area contributed by atoms with E-state index in [-0.39, 0.29) is 11.5 Å². The number of alkyl halides is 6. The van der Waals surface area contributed by atoms with Crippen molar-refractivity contribution in [3.05, 3.63) is 172 Å². The molecule has 2 atom stereocenters. The zero-order valence-electron chi connectivity index (χ0n) is 27.9. The summed E-state index contributed by atoms with van der Waals surface area (Å²) in [6.45, 7) is 6.64. The first-order chi connectivity index (χ1) is 24.2. The van der Waals surface area contributed by atoms with Crippen LogP contribution in [-0.2, 0) is 33.5 Å². The minimum atomic E-state index is -5.18. The van der Waals surface area contributed by atoms with Crippen LogP contribution in [0.15, 0.2) is 139 Å². The Hall–Kier alpha value is -4.14. The van der Waals surface area contributed by atoms with Crippen LogP contribution in [-0.4, -0.2) is 8.07 Å². The van der Waals surface area contributed by atoms with E-state index >= 15 is 0 Å². The number of benzene rings is 5. The molecule has 4 bridgehead atoms. The van der Waals surface area contributed by atoms with Crippen molar-refractivity contribution in [2.75, 3.05) is 0 Å². The molecular weight excluding hydrogens is 758 g/mol. The fourth-order valence-corrected chi connectivity index (χ4v) is 26.3. The van der Waals surface area contributed by atoms with Crippen LogP contribution < -0.4 is 10.8 Å². The minimum absolute atomic E-state index is 0.229. The van der Waals surface area contributed by atoms with Crippen LogP contribution in [0.25, 0.3) is 10.4 Å². The van der Waals surface area contributed by atoms with Gasteiger partial charge in [-0.2, -0.15) is 0 Å². The zero-order valence-corrected chi connectivity index (χ0v) is 31.3. The normalized spacial score (nSPS) is 21.9. The van der Waals surface area contributed by atoms with Crippen molar-refractivity contribution < 1.29 is 53.1 Å². The predicted octanol–water partition coefficient (Wildman–Crippen LogP) is 11.3. The van der Waals surface area contributed by atoms with Gasteiger partial charge in [-0.25, -0.2) is 0 Å². The number of hydrogen-bond acceptors (Lipinski definition) is 2. The van der Waals surface area contributed by atoms with Crippen molar-refractivity contribution in [1.29, 1.82) is 0 Å². The summed E-state index contributed by atoms with van der Waals surface area (Å²) in [5, 5.41) is 3.73. The van der Waals surface area contributed by atoms with Crippen molar-refractivity contribution >= 4 is 23.7 Å². The van der Waals surface area contributed by atoms with Gasteiger partial charge in [0.1, 0.15) is 0 Å². The summed E-state index contributed by atoms with van der Waals surface area (Å²) in [5.74, 6) is 0.457. The molecule has 0 amide bonds. The van der Waals surface area contributed by atoms with Gasteiger partial charge < -0.3 is 0 Å². The zero-order chi connectivity index (χ0) is 35.9. The Morgan fingerprint density at radius 2 is 0.882 bits per heavy atom. The molecule has 258 valence electrons. The Morgan fingerprint density at radius 1 is 0.510 bits per heavy atom. The molecule has 10 heteroatoms. The molecule has 0 N–H and O–H groups in total. The monoisotopic (exact) mass is 788 g/mol. The first-order valence-corrected chi connectivity index (χ1v) is 24.0. The van der Waals surface area contributed by atoms with Crippen LogP contribution >= 0.6 is 0 Å². The van der Waals surface area contributed by atoms with E-state index in [1.165, 1.54) is 39.8 Å². The van der Waals surface area contributed by atoms with Gasteiger partial charge in [-0.15, -0.1) is 0 Å². The first kappa shape index (κ1) is 34.0. The van der Waals surface area contributed by atoms with Crippen molar-refractivity contribution in [3.63, 3.8) is 0 Å². The number of allylic oxidation sites excluding steroid dienone is 2. The summed E-state index contributed by atoms with van der Waals surface area (Å²) in [6, 6.07) is 36.3. The average Bonchev–Trinajstić information content (AvgIpc) is 3.59. The summed E-state index contributed by atoms with van der Waals surface area (Å²) in [7, 11) is -2.77. The van der Waals surface area contributed by atoms with Crippen molar-refractivity contribution in [2.24, 2.45) is 0 Å². The van der Waals surface area contributed by atoms with Crippen LogP contribution in [0.2, 0.25) is 6.55 Å². The van der Waals surface area contributed by atoms with E-state index in [9.17, 15) is 26.3 Å². The second kappa shape index (κ2) is 12.0. The molecule has 2 nitrogen and oxygen atoms in total. The SMILES string of the molecule is CC1=C2c3ccccc3[CH]1[Zr]([O]c1ccc(C(F)(F)F)cc1)([O]c1ccc(C(F)(F)F)cc1)[CH]1C(C)=C(c3ccccc31)[Si]2(C)c1ccccc1. The maximum atomic E-state index is 13.7. The molecule has 0 saturated carbocycles. The van der Waals surface area contributed by atoms with Gasteiger partial charge in [0.15, 0.2) is 0 Å². The van der Waals surface area contributed by atoms with Gasteiger partial charge in [0.25, 0.3) is 0 Å². The molecule has 0 saturated heterocycles. The molecule has 1 heterocycles. The third kappa shape index (κ3) is 5.23. The third-order valence-corrected chi connectivity index (χ3v) is 26.0. The molecule has 5 aromatic rings. The van der Waals surface area contributed by atoms with Gasteiger partial charge in [-0.05, 0) is 0 Å². The van der Waals surface area contributed by atoms with Crippen LogP contribution in [0, 0.1) is 0 Å². The fraction of sp³-hybridized carbons (Fsp3) is 0.171. The van der Waals surface area contributed by atoms with Crippen molar-refractivity contribution in [1.82, 2.24) is 0 Å². The quantitative estimate of drug-likeness (QED) is 0.130. The molecule has 2 aliphatic carbocycles. The number of halogens is 6. The summed E-state index contributed by atoms with van der Waals surface area (Å²) < 4.78 is 96.0. The molecule has 0 radical (unpaired) electrons. The Morgan fingerprint density at radius 3 is 1.27 bits per heavy atom. The van der Waals surface area contributed by atoms with Crippen LogP contribution in [0.5, 0.6) is 11.5 Å². The molecule has 0 spiro atoms. The maximum absolute atomic E-state index is 13.7. The van der Waals surface area contributed by atoms with Gasteiger partial charge in [0.05, 0.1) is 0 Å². The van der Waals surface area contributed by atoms with Crippen LogP contribution in [0.1, 0.15) is 54.5 Å². The van der Waals surface area contributed by atoms with Crippen LogP contribution in [0.4, 0.5) is 26.3 Å². The topological polar surface area (TPSA) is 18.5 Å².